The van der Waals surface area contributed by atoms with Crippen LogP contribution in [0.4, 0.5) is 0 Å². The van der Waals surface area contributed by atoms with Gasteiger partial charge in [-0.2, -0.15) is 5.10 Å². The summed E-state index contributed by atoms with van der Waals surface area (Å²) in [5, 5.41) is 15.5. The Labute approximate surface area is 116 Å². The lowest BCUT2D eigenvalue weighted by Gasteiger charge is -2.22. The van der Waals surface area contributed by atoms with Gasteiger partial charge in [0.2, 0.25) is 0 Å². The highest BCUT2D eigenvalue weighted by atomic mass is 16.5. The lowest BCUT2D eigenvalue weighted by molar-refractivity contribution is 0.0690. The Morgan fingerprint density at radius 1 is 1.30 bits per heavy atom. The lowest BCUT2D eigenvalue weighted by atomic mass is 9.90. The van der Waals surface area contributed by atoms with Crippen molar-refractivity contribution < 1.29 is 14.6 Å². The summed E-state index contributed by atoms with van der Waals surface area (Å²) in [6.07, 6.45) is 2.06. The van der Waals surface area contributed by atoms with Gasteiger partial charge in [0, 0.05) is 18.8 Å². The molecule has 0 atom stereocenters. The third-order valence-corrected chi connectivity index (χ3v) is 3.68. The number of benzene rings is 1. The summed E-state index contributed by atoms with van der Waals surface area (Å²) in [6.45, 7) is 1.61. The van der Waals surface area contributed by atoms with Gasteiger partial charge in [-0.15, -0.1) is 0 Å². The molecule has 1 aromatic carbocycles. The van der Waals surface area contributed by atoms with Gasteiger partial charge in [0.15, 0.2) is 0 Å². The van der Waals surface area contributed by atoms with Crippen LogP contribution < -0.4 is 0 Å². The third kappa shape index (κ3) is 2.58. The third-order valence-electron chi connectivity index (χ3n) is 3.68. The number of nitrogens with one attached hydrogen (secondary N) is 1. The monoisotopic (exact) mass is 272 g/mol. The van der Waals surface area contributed by atoms with Crippen molar-refractivity contribution in [2.45, 2.75) is 18.8 Å². The zero-order valence-electron chi connectivity index (χ0n) is 11.0. The van der Waals surface area contributed by atoms with Gasteiger partial charge in [-0.3, -0.25) is 5.10 Å². The molecule has 0 amide bonds. The van der Waals surface area contributed by atoms with Crippen molar-refractivity contribution in [2.75, 3.05) is 13.2 Å². The minimum Gasteiger partial charge on any atom is -0.477 e. The SMILES string of the molecule is O=C(O)c1cc(-c2cccc(C3CCOCC3)c2)n[nH]1. The number of aromatic nitrogens is 2. The smallest absolute Gasteiger partial charge is 0.353 e. The highest BCUT2D eigenvalue weighted by molar-refractivity contribution is 5.86. The molecule has 5 nitrogen and oxygen atoms in total. The number of hydrogen-bond acceptors (Lipinski definition) is 3. The number of aromatic amines is 1. The van der Waals surface area contributed by atoms with Crippen molar-refractivity contribution >= 4 is 5.97 Å². The Hall–Kier alpha value is -2.14. The van der Waals surface area contributed by atoms with E-state index in [4.69, 9.17) is 9.84 Å². The minimum atomic E-state index is -0.996. The van der Waals surface area contributed by atoms with E-state index >= 15 is 0 Å². The fourth-order valence-electron chi connectivity index (χ4n) is 2.56. The number of carboxylic acid groups (broad SMARTS) is 1. The molecule has 2 N–H and O–H groups in total. The number of carbonyl (C=O) groups is 1. The molecule has 20 heavy (non-hydrogen) atoms. The first-order valence-electron chi connectivity index (χ1n) is 6.71. The number of ether oxygens (including phenoxy) is 1. The molecule has 0 bridgehead atoms. The highest BCUT2D eigenvalue weighted by Crippen LogP contribution is 2.29. The second-order valence-electron chi connectivity index (χ2n) is 4.98. The number of hydrogen-bond donors (Lipinski definition) is 2. The largest absolute Gasteiger partial charge is 0.477 e. The van der Waals surface area contributed by atoms with Crippen LogP contribution in [-0.2, 0) is 4.74 Å². The Balaban J connectivity index is 1.87. The second kappa shape index (κ2) is 5.46. The fourth-order valence-corrected chi connectivity index (χ4v) is 2.56. The summed E-state index contributed by atoms with van der Waals surface area (Å²) in [5.74, 6) is -0.481. The predicted octanol–water partition coefficient (Wildman–Crippen LogP) is 2.67. The van der Waals surface area contributed by atoms with Gasteiger partial charge < -0.3 is 9.84 Å². The normalized spacial score (nSPS) is 16.2. The molecule has 0 unspecified atom stereocenters. The van der Waals surface area contributed by atoms with Crippen LogP contribution in [0.15, 0.2) is 30.3 Å². The first-order chi connectivity index (χ1) is 9.74. The van der Waals surface area contributed by atoms with E-state index in [9.17, 15) is 4.79 Å². The molecule has 0 aliphatic carbocycles. The van der Waals surface area contributed by atoms with Crippen LogP contribution >= 0.6 is 0 Å². The topological polar surface area (TPSA) is 75.2 Å². The van der Waals surface area contributed by atoms with Gasteiger partial charge in [0.1, 0.15) is 5.69 Å². The van der Waals surface area contributed by atoms with Gasteiger partial charge >= 0.3 is 5.97 Å². The Morgan fingerprint density at radius 3 is 2.80 bits per heavy atom. The van der Waals surface area contributed by atoms with E-state index in [-0.39, 0.29) is 5.69 Å². The fraction of sp³-hybridized carbons (Fsp3) is 0.333. The summed E-state index contributed by atoms with van der Waals surface area (Å²) in [5.41, 5.74) is 2.98. The Bertz CT molecular complexity index is 615. The zero-order valence-corrected chi connectivity index (χ0v) is 11.0. The molecule has 1 aliphatic heterocycles. The van der Waals surface area contributed by atoms with E-state index in [1.807, 2.05) is 12.1 Å². The standard InChI is InChI=1S/C15H16N2O3/c18-15(19)14-9-13(16-17-14)12-3-1-2-11(8-12)10-4-6-20-7-5-10/h1-3,8-10H,4-7H2,(H,16,17)(H,18,19). The number of aromatic carboxylic acids is 1. The molecule has 0 saturated carbocycles. The first kappa shape index (κ1) is 12.9. The molecule has 1 saturated heterocycles. The highest BCUT2D eigenvalue weighted by Gasteiger charge is 2.17. The summed E-state index contributed by atoms with van der Waals surface area (Å²) >= 11 is 0. The van der Waals surface area contributed by atoms with Crippen LogP contribution in [0.3, 0.4) is 0 Å². The summed E-state index contributed by atoms with van der Waals surface area (Å²) in [4.78, 5) is 10.9. The van der Waals surface area contributed by atoms with E-state index in [0.717, 1.165) is 31.6 Å². The predicted molar refractivity (Wildman–Crippen MR) is 73.8 cm³/mol. The summed E-state index contributed by atoms with van der Waals surface area (Å²) in [6, 6.07) is 9.72. The molecule has 0 spiro atoms. The maximum atomic E-state index is 10.9. The Morgan fingerprint density at radius 2 is 2.10 bits per heavy atom. The molecular weight excluding hydrogens is 256 g/mol. The van der Waals surface area contributed by atoms with Crippen LogP contribution in [0, 0.1) is 0 Å². The summed E-state index contributed by atoms with van der Waals surface area (Å²) in [7, 11) is 0. The van der Waals surface area contributed by atoms with Crippen molar-refractivity contribution in [2.24, 2.45) is 0 Å². The number of carboxylic acids is 1. The molecule has 2 heterocycles. The number of rotatable bonds is 3. The molecule has 1 fully saturated rings. The van der Waals surface area contributed by atoms with Crippen LogP contribution in [0.1, 0.15) is 34.8 Å². The zero-order chi connectivity index (χ0) is 13.9. The van der Waals surface area contributed by atoms with Crippen molar-refractivity contribution in [3.05, 3.63) is 41.6 Å². The van der Waals surface area contributed by atoms with Gasteiger partial charge in [0.05, 0.1) is 5.69 Å². The van der Waals surface area contributed by atoms with Crippen molar-refractivity contribution in [3.8, 4) is 11.3 Å². The molecule has 2 aromatic rings. The average molecular weight is 272 g/mol. The summed E-state index contributed by atoms with van der Waals surface area (Å²) < 4.78 is 5.38. The van der Waals surface area contributed by atoms with E-state index < -0.39 is 5.97 Å². The van der Waals surface area contributed by atoms with Crippen LogP contribution in [0.2, 0.25) is 0 Å². The number of H-pyrrole nitrogens is 1. The molecule has 3 rings (SSSR count). The van der Waals surface area contributed by atoms with Crippen molar-refractivity contribution in [3.63, 3.8) is 0 Å². The quantitative estimate of drug-likeness (QED) is 0.900. The molecule has 5 heteroatoms. The first-order valence-corrected chi connectivity index (χ1v) is 6.71. The van der Waals surface area contributed by atoms with Crippen LogP contribution in [0.25, 0.3) is 11.3 Å². The van der Waals surface area contributed by atoms with E-state index in [2.05, 4.69) is 22.3 Å². The molecule has 1 aliphatic rings. The molecule has 104 valence electrons. The van der Waals surface area contributed by atoms with Crippen molar-refractivity contribution in [1.82, 2.24) is 10.2 Å². The van der Waals surface area contributed by atoms with Gasteiger partial charge in [-0.25, -0.2) is 4.79 Å². The molecular formula is C15H16N2O3. The van der Waals surface area contributed by atoms with Crippen LogP contribution in [0.5, 0.6) is 0 Å². The maximum Gasteiger partial charge on any atom is 0.353 e. The lowest BCUT2D eigenvalue weighted by Crippen LogP contribution is -2.13. The average Bonchev–Trinajstić information content (AvgIpc) is 2.98. The number of nitrogens with zero attached hydrogens (tertiary/aromatic N) is 1. The minimum absolute atomic E-state index is 0.108. The van der Waals surface area contributed by atoms with E-state index in [1.165, 1.54) is 5.56 Å². The second-order valence-corrected chi connectivity index (χ2v) is 4.98. The van der Waals surface area contributed by atoms with Crippen LogP contribution in [-0.4, -0.2) is 34.5 Å². The Kier molecular flexibility index (Phi) is 3.52. The molecule has 1 aromatic heterocycles. The van der Waals surface area contributed by atoms with Gasteiger partial charge in [0.25, 0.3) is 0 Å². The van der Waals surface area contributed by atoms with Crippen molar-refractivity contribution in [1.29, 1.82) is 0 Å². The van der Waals surface area contributed by atoms with Gasteiger partial charge in [-0.1, -0.05) is 18.2 Å². The van der Waals surface area contributed by atoms with E-state index in [0.29, 0.717) is 11.6 Å². The van der Waals surface area contributed by atoms with E-state index in [1.54, 1.807) is 6.07 Å². The van der Waals surface area contributed by atoms with Gasteiger partial charge in [-0.05, 0) is 36.5 Å². The maximum absolute atomic E-state index is 10.9. The molecule has 0 radical (unpaired) electrons.